The van der Waals surface area contributed by atoms with Crippen molar-refractivity contribution in [1.29, 1.82) is 0 Å². The summed E-state index contributed by atoms with van der Waals surface area (Å²) in [5, 5.41) is 0. The Hall–Kier alpha value is -3.38. The summed E-state index contributed by atoms with van der Waals surface area (Å²) in [7, 11) is 0. The van der Waals surface area contributed by atoms with Gasteiger partial charge in [0.25, 0.3) is 0 Å². The standard InChI is InChI=1S/C33H38O5S/c1-31(2,3)28(34)21-18-22(29(35)32(4,5)6)20-23(19-21)30(36)37-24-10-14-26(15-11-24)39-27-16-12-25(13-17-27)38-33(7,8)9/h10-20H,1-9H3. The lowest BCUT2D eigenvalue weighted by molar-refractivity contribution is 0.0734. The number of ether oxygens (including phenoxy) is 2. The zero-order valence-electron chi connectivity index (χ0n) is 24.3. The van der Waals surface area contributed by atoms with Crippen molar-refractivity contribution in [1.82, 2.24) is 0 Å². The minimum Gasteiger partial charge on any atom is -0.488 e. The number of hydrogen-bond donors (Lipinski definition) is 0. The number of benzene rings is 3. The van der Waals surface area contributed by atoms with Crippen molar-refractivity contribution in [3.63, 3.8) is 0 Å². The molecule has 206 valence electrons. The predicted molar refractivity (Wildman–Crippen MR) is 156 cm³/mol. The Morgan fingerprint density at radius 3 is 1.33 bits per heavy atom. The minimum absolute atomic E-state index is 0.153. The topological polar surface area (TPSA) is 69.7 Å². The van der Waals surface area contributed by atoms with Crippen LogP contribution in [0, 0.1) is 10.8 Å². The van der Waals surface area contributed by atoms with Crippen molar-refractivity contribution < 1.29 is 23.9 Å². The van der Waals surface area contributed by atoms with Gasteiger partial charge in [0, 0.05) is 31.7 Å². The number of rotatable bonds is 7. The molecular weight excluding hydrogens is 508 g/mol. The van der Waals surface area contributed by atoms with E-state index in [0.717, 1.165) is 15.5 Å². The van der Waals surface area contributed by atoms with Gasteiger partial charge in [0.05, 0.1) is 5.56 Å². The van der Waals surface area contributed by atoms with Crippen LogP contribution in [0.15, 0.2) is 76.5 Å². The average Bonchev–Trinajstić information content (AvgIpc) is 2.83. The molecule has 0 radical (unpaired) electrons. The van der Waals surface area contributed by atoms with E-state index in [2.05, 4.69) is 0 Å². The molecule has 0 aliphatic heterocycles. The van der Waals surface area contributed by atoms with Crippen LogP contribution in [0.25, 0.3) is 0 Å². The molecule has 0 aromatic heterocycles. The first-order chi connectivity index (χ1) is 17.9. The molecule has 0 aliphatic carbocycles. The van der Waals surface area contributed by atoms with Crippen molar-refractivity contribution in [3.05, 3.63) is 83.4 Å². The summed E-state index contributed by atoms with van der Waals surface area (Å²) in [5.41, 5.74) is -0.801. The van der Waals surface area contributed by atoms with E-state index < -0.39 is 16.8 Å². The van der Waals surface area contributed by atoms with E-state index in [9.17, 15) is 14.4 Å². The molecule has 6 heteroatoms. The van der Waals surface area contributed by atoms with Crippen LogP contribution in [0.2, 0.25) is 0 Å². The fourth-order valence-corrected chi connectivity index (χ4v) is 4.50. The maximum absolute atomic E-state index is 13.1. The largest absolute Gasteiger partial charge is 0.488 e. The van der Waals surface area contributed by atoms with Crippen LogP contribution in [0.3, 0.4) is 0 Å². The highest BCUT2D eigenvalue weighted by Gasteiger charge is 2.28. The lowest BCUT2D eigenvalue weighted by atomic mass is 9.82. The lowest BCUT2D eigenvalue weighted by Crippen LogP contribution is -2.24. The number of hydrogen-bond acceptors (Lipinski definition) is 6. The quantitative estimate of drug-likeness (QED) is 0.168. The maximum Gasteiger partial charge on any atom is 0.343 e. The van der Waals surface area contributed by atoms with Gasteiger partial charge in [-0.2, -0.15) is 0 Å². The Bertz CT molecular complexity index is 1310. The van der Waals surface area contributed by atoms with Crippen molar-refractivity contribution >= 4 is 29.3 Å². The fourth-order valence-electron chi connectivity index (χ4n) is 3.68. The first-order valence-electron chi connectivity index (χ1n) is 13.0. The first-order valence-corrected chi connectivity index (χ1v) is 13.8. The van der Waals surface area contributed by atoms with E-state index in [-0.39, 0.29) is 22.7 Å². The van der Waals surface area contributed by atoms with E-state index in [1.54, 1.807) is 71.5 Å². The van der Waals surface area contributed by atoms with Crippen molar-refractivity contribution in [2.45, 2.75) is 77.7 Å². The smallest absolute Gasteiger partial charge is 0.343 e. The minimum atomic E-state index is -0.669. The summed E-state index contributed by atoms with van der Waals surface area (Å²) < 4.78 is 11.5. The van der Waals surface area contributed by atoms with Crippen LogP contribution in [0.4, 0.5) is 0 Å². The average molecular weight is 547 g/mol. The van der Waals surface area contributed by atoms with Gasteiger partial charge in [-0.25, -0.2) is 4.79 Å². The molecule has 0 saturated carbocycles. The molecule has 0 N–H and O–H groups in total. The number of ketones is 2. The van der Waals surface area contributed by atoms with E-state index in [0.29, 0.717) is 16.9 Å². The highest BCUT2D eigenvalue weighted by molar-refractivity contribution is 7.99. The second-order valence-electron chi connectivity index (χ2n) is 12.6. The molecular formula is C33H38O5S. The summed E-state index contributed by atoms with van der Waals surface area (Å²) in [6.45, 7) is 16.9. The lowest BCUT2D eigenvalue weighted by Gasteiger charge is -2.21. The third-order valence-corrected chi connectivity index (χ3v) is 6.59. The van der Waals surface area contributed by atoms with Crippen LogP contribution >= 0.6 is 11.8 Å². The van der Waals surface area contributed by atoms with Gasteiger partial charge in [-0.15, -0.1) is 0 Å². The molecule has 0 atom stereocenters. The van der Waals surface area contributed by atoms with Crippen molar-refractivity contribution in [3.8, 4) is 11.5 Å². The zero-order chi connectivity index (χ0) is 29.2. The van der Waals surface area contributed by atoms with Crippen LogP contribution in [0.5, 0.6) is 11.5 Å². The Morgan fingerprint density at radius 2 is 0.949 bits per heavy atom. The number of carbonyl (C=O) groups is 3. The van der Waals surface area contributed by atoms with Gasteiger partial charge < -0.3 is 9.47 Å². The zero-order valence-corrected chi connectivity index (χ0v) is 25.1. The Labute approximate surface area is 236 Å². The number of Topliss-reactive ketones (excluding diaryl/α,β-unsaturated/α-hetero) is 2. The van der Waals surface area contributed by atoms with Gasteiger partial charge in [-0.1, -0.05) is 53.3 Å². The molecule has 0 aliphatic rings. The third kappa shape index (κ3) is 8.56. The highest BCUT2D eigenvalue weighted by Crippen LogP contribution is 2.32. The molecule has 3 aromatic carbocycles. The molecule has 5 nitrogen and oxygen atoms in total. The summed E-state index contributed by atoms with van der Waals surface area (Å²) in [6, 6.07) is 19.7. The normalized spacial score (nSPS) is 12.1. The summed E-state index contributed by atoms with van der Waals surface area (Å²) >= 11 is 1.58. The van der Waals surface area contributed by atoms with Crippen LogP contribution in [-0.2, 0) is 0 Å². The Balaban J connectivity index is 1.78. The second-order valence-corrected chi connectivity index (χ2v) is 13.8. The van der Waals surface area contributed by atoms with E-state index in [1.807, 2.05) is 57.2 Å². The van der Waals surface area contributed by atoms with Gasteiger partial charge in [0.2, 0.25) is 0 Å². The summed E-state index contributed by atoms with van der Waals surface area (Å²) in [5.74, 6) is 0.250. The molecule has 0 fully saturated rings. The van der Waals surface area contributed by atoms with E-state index in [1.165, 1.54) is 12.1 Å². The molecule has 39 heavy (non-hydrogen) atoms. The van der Waals surface area contributed by atoms with Gasteiger partial charge >= 0.3 is 5.97 Å². The summed E-state index contributed by atoms with van der Waals surface area (Å²) in [4.78, 5) is 41.2. The molecule has 0 amide bonds. The summed E-state index contributed by atoms with van der Waals surface area (Å²) in [6.07, 6.45) is 0. The van der Waals surface area contributed by atoms with Crippen molar-refractivity contribution in [2.75, 3.05) is 0 Å². The second kappa shape index (κ2) is 11.4. The molecule has 0 unspecified atom stereocenters. The first kappa shape index (κ1) is 30.2. The van der Waals surface area contributed by atoms with Crippen LogP contribution in [0.1, 0.15) is 93.4 Å². The SMILES string of the molecule is CC(C)(C)Oc1ccc(Sc2ccc(OC(=O)c3cc(C(=O)C(C)(C)C)cc(C(=O)C(C)(C)C)c3)cc2)cc1. The van der Waals surface area contributed by atoms with Crippen LogP contribution in [-0.4, -0.2) is 23.1 Å². The molecule has 0 heterocycles. The Kier molecular flexibility index (Phi) is 8.81. The van der Waals surface area contributed by atoms with Crippen molar-refractivity contribution in [2.24, 2.45) is 10.8 Å². The Morgan fingerprint density at radius 1 is 0.564 bits per heavy atom. The van der Waals surface area contributed by atoms with Gasteiger partial charge in [-0.3, -0.25) is 9.59 Å². The molecule has 0 spiro atoms. The number of carbonyl (C=O) groups excluding carboxylic acids is 3. The van der Waals surface area contributed by atoms with Gasteiger partial charge in [-0.05, 0) is 87.5 Å². The van der Waals surface area contributed by atoms with Gasteiger partial charge in [0.15, 0.2) is 11.6 Å². The van der Waals surface area contributed by atoms with Gasteiger partial charge in [0.1, 0.15) is 17.1 Å². The van der Waals surface area contributed by atoms with E-state index >= 15 is 0 Å². The van der Waals surface area contributed by atoms with Crippen LogP contribution < -0.4 is 9.47 Å². The predicted octanol–water partition coefficient (Wildman–Crippen LogP) is 8.69. The maximum atomic E-state index is 13.1. The molecule has 0 saturated heterocycles. The molecule has 3 rings (SSSR count). The fraction of sp³-hybridized carbons (Fsp3) is 0.364. The molecule has 0 bridgehead atoms. The van der Waals surface area contributed by atoms with E-state index in [4.69, 9.17) is 9.47 Å². The molecule has 3 aromatic rings. The monoisotopic (exact) mass is 546 g/mol. The highest BCUT2D eigenvalue weighted by atomic mass is 32.2. The number of esters is 1. The third-order valence-electron chi connectivity index (χ3n) is 5.57.